The third kappa shape index (κ3) is 7.12. The molecule has 170 valence electrons. The monoisotopic (exact) mass is 467 g/mol. The number of benzene rings is 2. The summed E-state index contributed by atoms with van der Waals surface area (Å²) in [6.45, 7) is 10.7. The second kappa shape index (κ2) is 11.4. The maximum atomic E-state index is 12.9. The largest absolute Gasteiger partial charge is 0.494 e. The Balaban J connectivity index is 2.12. The van der Waals surface area contributed by atoms with Gasteiger partial charge in [0.05, 0.1) is 11.6 Å². The van der Waals surface area contributed by atoms with Crippen LogP contribution in [0.4, 0.5) is 5.69 Å². The van der Waals surface area contributed by atoms with Crippen LogP contribution in [0.5, 0.6) is 5.75 Å². The Hall–Kier alpha value is -2.29. The van der Waals surface area contributed by atoms with Gasteiger partial charge in [0.15, 0.2) is 0 Å². The lowest BCUT2D eigenvalue weighted by Crippen LogP contribution is -2.38. The zero-order valence-electron chi connectivity index (χ0n) is 18.3. The van der Waals surface area contributed by atoms with Gasteiger partial charge in [0.1, 0.15) is 10.6 Å². The van der Waals surface area contributed by atoms with Crippen molar-refractivity contribution in [3.63, 3.8) is 0 Å². The quantitative estimate of drug-likeness (QED) is 0.521. The Labute approximate surface area is 189 Å². The summed E-state index contributed by atoms with van der Waals surface area (Å²) >= 11 is 6.14. The molecule has 0 bridgehead atoms. The van der Waals surface area contributed by atoms with Gasteiger partial charge in [-0.1, -0.05) is 18.5 Å². The summed E-state index contributed by atoms with van der Waals surface area (Å²) in [4.78, 5) is 14.6. The van der Waals surface area contributed by atoms with Crippen LogP contribution in [-0.2, 0) is 10.0 Å². The Morgan fingerprint density at radius 1 is 1.13 bits per heavy atom. The number of nitrogens with one attached hydrogen (secondary N) is 2. The molecule has 0 heterocycles. The van der Waals surface area contributed by atoms with E-state index in [0.717, 1.165) is 6.54 Å². The van der Waals surface area contributed by atoms with Crippen molar-refractivity contribution in [1.82, 2.24) is 10.2 Å². The van der Waals surface area contributed by atoms with Crippen LogP contribution in [-0.4, -0.2) is 51.5 Å². The maximum Gasteiger partial charge on any atom is 0.263 e. The molecule has 2 N–H and O–H groups in total. The Kier molecular flexibility index (Phi) is 9.15. The number of amides is 1. The van der Waals surface area contributed by atoms with Gasteiger partial charge in [-0.15, -0.1) is 0 Å². The van der Waals surface area contributed by atoms with Crippen LogP contribution in [0.25, 0.3) is 0 Å². The van der Waals surface area contributed by atoms with Crippen LogP contribution in [0.15, 0.2) is 47.4 Å². The molecule has 0 spiro atoms. The number of sulfonamides is 1. The molecule has 0 saturated heterocycles. The molecule has 7 nitrogen and oxygen atoms in total. The lowest BCUT2D eigenvalue weighted by atomic mass is 10.2. The molecule has 0 radical (unpaired) electrons. The molecule has 0 fully saturated rings. The number of likely N-dealkylation sites (N-methyl/N-ethyl adjacent to an activating group) is 1. The molecule has 9 heteroatoms. The molecule has 0 unspecified atom stereocenters. The van der Waals surface area contributed by atoms with Crippen LogP contribution < -0.4 is 14.8 Å². The number of rotatable bonds is 11. The zero-order chi connectivity index (χ0) is 23.0. The Morgan fingerprint density at radius 2 is 1.81 bits per heavy atom. The third-order valence-corrected chi connectivity index (χ3v) is 6.58. The summed E-state index contributed by atoms with van der Waals surface area (Å²) in [5.41, 5.74) is 0.590. The standard InChI is InChI=1S/C22H30ClN3O4S/c1-5-26(16(3)4)14-13-24-22(27)17-7-12-20(23)21(15-17)31(28,29)25-18-8-10-19(11-9-18)30-6-2/h7-12,15-16,25H,5-6,13-14H2,1-4H3,(H,24,27). The average Bonchev–Trinajstić information content (AvgIpc) is 2.72. The van der Waals surface area contributed by atoms with Crippen molar-refractivity contribution in [3.8, 4) is 5.75 Å². The van der Waals surface area contributed by atoms with Gasteiger partial charge < -0.3 is 10.1 Å². The van der Waals surface area contributed by atoms with Gasteiger partial charge in [-0.3, -0.25) is 14.4 Å². The van der Waals surface area contributed by atoms with Gasteiger partial charge in [0.25, 0.3) is 15.9 Å². The normalized spacial score (nSPS) is 11.6. The number of halogens is 1. The van der Waals surface area contributed by atoms with Crippen LogP contribution in [0.3, 0.4) is 0 Å². The fourth-order valence-electron chi connectivity index (χ4n) is 3.04. The molecule has 1 amide bonds. The summed E-state index contributed by atoms with van der Waals surface area (Å²) < 4.78 is 33.6. The van der Waals surface area contributed by atoms with E-state index >= 15 is 0 Å². The molecule has 2 rings (SSSR count). The zero-order valence-corrected chi connectivity index (χ0v) is 19.9. The van der Waals surface area contributed by atoms with Crippen molar-refractivity contribution in [2.45, 2.75) is 38.6 Å². The van der Waals surface area contributed by atoms with Crippen LogP contribution in [0.1, 0.15) is 38.1 Å². The lowest BCUT2D eigenvalue weighted by Gasteiger charge is -2.24. The fraction of sp³-hybridized carbons (Fsp3) is 0.409. The molecule has 2 aromatic carbocycles. The minimum absolute atomic E-state index is 0.0342. The number of hydrogen-bond donors (Lipinski definition) is 2. The van der Waals surface area contributed by atoms with E-state index in [1.165, 1.54) is 18.2 Å². The van der Waals surface area contributed by atoms with Gasteiger partial charge in [-0.2, -0.15) is 0 Å². The molecule has 0 aliphatic heterocycles. The summed E-state index contributed by atoms with van der Waals surface area (Å²) in [6.07, 6.45) is 0. The van der Waals surface area contributed by atoms with Gasteiger partial charge in [-0.05, 0) is 69.8 Å². The van der Waals surface area contributed by atoms with E-state index in [2.05, 4.69) is 35.7 Å². The van der Waals surface area contributed by atoms with Crippen molar-refractivity contribution >= 4 is 33.2 Å². The highest BCUT2D eigenvalue weighted by molar-refractivity contribution is 7.92. The van der Waals surface area contributed by atoms with E-state index in [-0.39, 0.29) is 21.4 Å². The van der Waals surface area contributed by atoms with Gasteiger partial charge in [-0.25, -0.2) is 8.42 Å². The highest BCUT2D eigenvalue weighted by Crippen LogP contribution is 2.26. The summed E-state index contributed by atoms with van der Waals surface area (Å²) in [7, 11) is -3.99. The first-order valence-corrected chi connectivity index (χ1v) is 12.1. The molecule has 0 atom stereocenters. The van der Waals surface area contributed by atoms with Gasteiger partial charge >= 0.3 is 0 Å². The summed E-state index contributed by atoms with van der Waals surface area (Å²) in [5.74, 6) is 0.287. The maximum absolute atomic E-state index is 12.9. The number of carbonyl (C=O) groups excluding carboxylic acids is 1. The van der Waals surface area contributed by atoms with E-state index in [1.54, 1.807) is 24.3 Å². The van der Waals surface area contributed by atoms with Gasteiger partial charge in [0.2, 0.25) is 0 Å². The molecular formula is C22H30ClN3O4S. The number of carbonyl (C=O) groups is 1. The molecule has 0 aliphatic rings. The summed E-state index contributed by atoms with van der Waals surface area (Å²) in [5, 5.41) is 2.87. The SMILES string of the molecule is CCOc1ccc(NS(=O)(=O)c2cc(C(=O)NCCN(CC)C(C)C)ccc2Cl)cc1. The minimum atomic E-state index is -3.99. The minimum Gasteiger partial charge on any atom is -0.494 e. The van der Waals surface area contributed by atoms with E-state index < -0.39 is 10.0 Å². The van der Waals surface area contributed by atoms with E-state index in [4.69, 9.17) is 16.3 Å². The molecule has 0 saturated carbocycles. The van der Waals surface area contributed by atoms with E-state index in [9.17, 15) is 13.2 Å². The fourth-order valence-corrected chi connectivity index (χ4v) is 4.63. The molecular weight excluding hydrogens is 438 g/mol. The van der Waals surface area contributed by atoms with Crippen molar-refractivity contribution in [3.05, 3.63) is 53.1 Å². The first kappa shape index (κ1) is 25.0. The number of nitrogens with zero attached hydrogens (tertiary/aromatic N) is 1. The third-order valence-electron chi connectivity index (χ3n) is 4.72. The Morgan fingerprint density at radius 3 is 2.39 bits per heavy atom. The second-order valence-corrected chi connectivity index (χ2v) is 9.24. The van der Waals surface area contributed by atoms with Crippen LogP contribution >= 0.6 is 11.6 Å². The summed E-state index contributed by atoms with van der Waals surface area (Å²) in [6, 6.07) is 11.1. The highest BCUT2D eigenvalue weighted by atomic mass is 35.5. The predicted molar refractivity (Wildman–Crippen MR) is 125 cm³/mol. The van der Waals surface area contributed by atoms with Gasteiger partial charge in [0, 0.05) is 30.4 Å². The van der Waals surface area contributed by atoms with Crippen molar-refractivity contribution < 1.29 is 17.9 Å². The van der Waals surface area contributed by atoms with Crippen molar-refractivity contribution in [2.24, 2.45) is 0 Å². The highest BCUT2D eigenvalue weighted by Gasteiger charge is 2.20. The number of ether oxygens (including phenoxy) is 1. The lowest BCUT2D eigenvalue weighted by molar-refractivity contribution is 0.0945. The predicted octanol–water partition coefficient (Wildman–Crippen LogP) is 4.00. The Bertz CT molecular complexity index is 979. The average molecular weight is 468 g/mol. The molecule has 0 aromatic heterocycles. The molecule has 31 heavy (non-hydrogen) atoms. The second-order valence-electron chi connectivity index (χ2n) is 7.19. The first-order valence-electron chi connectivity index (χ1n) is 10.3. The smallest absolute Gasteiger partial charge is 0.263 e. The number of anilines is 1. The van der Waals surface area contributed by atoms with E-state index in [0.29, 0.717) is 37.2 Å². The molecule has 0 aliphatic carbocycles. The van der Waals surface area contributed by atoms with Crippen LogP contribution in [0.2, 0.25) is 5.02 Å². The first-order chi connectivity index (χ1) is 14.7. The van der Waals surface area contributed by atoms with E-state index in [1.807, 2.05) is 6.92 Å². The van der Waals surface area contributed by atoms with Crippen molar-refractivity contribution in [2.75, 3.05) is 31.0 Å². The molecule has 2 aromatic rings. The van der Waals surface area contributed by atoms with Crippen molar-refractivity contribution in [1.29, 1.82) is 0 Å². The topological polar surface area (TPSA) is 87.7 Å². The number of hydrogen-bond acceptors (Lipinski definition) is 5. The van der Waals surface area contributed by atoms with Crippen LogP contribution in [0, 0.1) is 0 Å².